The van der Waals surface area contributed by atoms with E-state index >= 15 is 0 Å². The number of fused-ring (bicyclic) bond motifs is 5. The molecule has 0 aromatic heterocycles. The third kappa shape index (κ3) is 3.62. The molecule has 0 saturated heterocycles. The van der Waals surface area contributed by atoms with Crippen molar-refractivity contribution in [3.8, 4) is 55.6 Å². The second-order valence-corrected chi connectivity index (χ2v) is 11.4. The first-order valence-electron chi connectivity index (χ1n) is 14.6. The summed E-state index contributed by atoms with van der Waals surface area (Å²) in [4.78, 5) is 0. The molecule has 0 nitrogen and oxygen atoms in total. The Balaban J connectivity index is 1.05. The summed E-state index contributed by atoms with van der Waals surface area (Å²) >= 11 is 0. The standard InChI is InChI=1S/C42H26/c1-2-7-30-22-32(17-16-27(30)6-1)35-21-20-33-23-31(18-19-34(33)24-35)28-12-14-29(15-13-28)37-25-36-8-5-11-40-38-9-3-4-10-39(38)41(26-37)42(36)40/h1-26H. The zero-order chi connectivity index (χ0) is 27.6. The van der Waals surface area contributed by atoms with E-state index in [1.165, 1.54) is 88.0 Å². The molecule has 0 aliphatic heterocycles. The van der Waals surface area contributed by atoms with E-state index in [4.69, 9.17) is 0 Å². The Bertz CT molecular complexity index is 2340. The first kappa shape index (κ1) is 23.3. The van der Waals surface area contributed by atoms with Crippen LogP contribution in [0.4, 0.5) is 0 Å². The van der Waals surface area contributed by atoms with Gasteiger partial charge in [0.15, 0.2) is 0 Å². The molecule has 0 saturated carbocycles. The minimum absolute atomic E-state index is 1.23. The van der Waals surface area contributed by atoms with Crippen LogP contribution < -0.4 is 0 Å². The summed E-state index contributed by atoms with van der Waals surface area (Å²) in [7, 11) is 0. The van der Waals surface area contributed by atoms with Crippen LogP contribution in [0.3, 0.4) is 0 Å². The lowest BCUT2D eigenvalue weighted by molar-refractivity contribution is 1.61. The van der Waals surface area contributed by atoms with Crippen LogP contribution in [0.1, 0.15) is 0 Å². The zero-order valence-corrected chi connectivity index (χ0v) is 23.0. The number of hydrogen-bond donors (Lipinski definition) is 0. The molecule has 1 aliphatic carbocycles. The first-order valence-corrected chi connectivity index (χ1v) is 14.6. The Morgan fingerprint density at radius 2 is 0.643 bits per heavy atom. The minimum Gasteiger partial charge on any atom is -0.0616 e. The van der Waals surface area contributed by atoms with E-state index in [1.54, 1.807) is 0 Å². The predicted molar refractivity (Wildman–Crippen MR) is 180 cm³/mol. The average Bonchev–Trinajstić information content (AvgIpc) is 3.39. The van der Waals surface area contributed by atoms with E-state index in [0.717, 1.165) is 0 Å². The van der Waals surface area contributed by atoms with Crippen molar-refractivity contribution in [3.63, 3.8) is 0 Å². The lowest BCUT2D eigenvalue weighted by Crippen LogP contribution is -1.84. The highest BCUT2D eigenvalue weighted by Crippen LogP contribution is 2.48. The highest BCUT2D eigenvalue weighted by molar-refractivity contribution is 6.16. The molecule has 194 valence electrons. The Morgan fingerprint density at radius 1 is 0.214 bits per heavy atom. The van der Waals surface area contributed by atoms with Gasteiger partial charge in [0.2, 0.25) is 0 Å². The normalized spacial score (nSPS) is 11.8. The molecule has 0 heteroatoms. The third-order valence-corrected chi connectivity index (χ3v) is 8.96. The lowest BCUT2D eigenvalue weighted by atomic mass is 9.94. The van der Waals surface area contributed by atoms with Crippen molar-refractivity contribution in [2.45, 2.75) is 0 Å². The first-order chi connectivity index (χ1) is 20.8. The van der Waals surface area contributed by atoms with Gasteiger partial charge in [-0.2, -0.15) is 0 Å². The predicted octanol–water partition coefficient (Wildman–Crippen LogP) is 11.8. The van der Waals surface area contributed by atoms with Crippen LogP contribution >= 0.6 is 0 Å². The molecule has 0 radical (unpaired) electrons. The molecule has 0 fully saturated rings. The van der Waals surface area contributed by atoms with Crippen molar-refractivity contribution in [3.05, 3.63) is 158 Å². The van der Waals surface area contributed by atoms with E-state index in [1.807, 2.05) is 0 Å². The van der Waals surface area contributed by atoms with Crippen LogP contribution in [0.15, 0.2) is 158 Å². The Labute approximate surface area is 245 Å². The van der Waals surface area contributed by atoms with Gasteiger partial charge < -0.3 is 0 Å². The fourth-order valence-corrected chi connectivity index (χ4v) is 6.81. The number of hydrogen-bond acceptors (Lipinski definition) is 0. The Hall–Kier alpha value is -5.46. The van der Waals surface area contributed by atoms with Crippen molar-refractivity contribution in [1.29, 1.82) is 0 Å². The van der Waals surface area contributed by atoms with Gasteiger partial charge in [-0.25, -0.2) is 0 Å². The largest absolute Gasteiger partial charge is 0.0616 e. The maximum absolute atomic E-state index is 2.37. The highest BCUT2D eigenvalue weighted by Gasteiger charge is 2.21. The van der Waals surface area contributed by atoms with E-state index in [2.05, 4.69) is 158 Å². The van der Waals surface area contributed by atoms with Gasteiger partial charge in [0.05, 0.1) is 0 Å². The molecule has 9 rings (SSSR count). The lowest BCUT2D eigenvalue weighted by Gasteiger charge is -2.10. The Morgan fingerprint density at radius 3 is 1.33 bits per heavy atom. The van der Waals surface area contributed by atoms with Crippen LogP contribution in [-0.4, -0.2) is 0 Å². The van der Waals surface area contributed by atoms with E-state index in [0.29, 0.717) is 0 Å². The van der Waals surface area contributed by atoms with Gasteiger partial charge in [0.25, 0.3) is 0 Å². The Kier molecular flexibility index (Phi) is 5.00. The quantitative estimate of drug-likeness (QED) is 0.213. The SMILES string of the molecule is c1ccc2c(c1)-c1cccc3cc(-c4ccc(-c5ccc6cc(-c7ccc8ccccc8c7)ccc6c5)cc4)cc-2c13. The molecule has 8 aromatic carbocycles. The van der Waals surface area contributed by atoms with Gasteiger partial charge in [-0.3, -0.25) is 0 Å². The van der Waals surface area contributed by atoms with Gasteiger partial charge in [0, 0.05) is 0 Å². The smallest absolute Gasteiger partial charge is 0.00259 e. The molecule has 0 N–H and O–H groups in total. The van der Waals surface area contributed by atoms with Gasteiger partial charge in [-0.1, -0.05) is 127 Å². The summed E-state index contributed by atoms with van der Waals surface area (Å²) in [5.41, 5.74) is 12.8. The van der Waals surface area contributed by atoms with Crippen LogP contribution in [0, 0.1) is 0 Å². The second kappa shape index (κ2) is 9.03. The fourth-order valence-electron chi connectivity index (χ4n) is 6.81. The molecular weight excluding hydrogens is 504 g/mol. The minimum atomic E-state index is 1.23. The summed E-state index contributed by atoms with van der Waals surface area (Å²) in [5.74, 6) is 0. The van der Waals surface area contributed by atoms with E-state index in [9.17, 15) is 0 Å². The molecule has 0 spiro atoms. The van der Waals surface area contributed by atoms with Crippen LogP contribution in [0.5, 0.6) is 0 Å². The van der Waals surface area contributed by atoms with Gasteiger partial charge in [0.1, 0.15) is 0 Å². The maximum Gasteiger partial charge on any atom is -0.00259 e. The summed E-state index contributed by atoms with van der Waals surface area (Å²) in [6.07, 6.45) is 0. The maximum atomic E-state index is 2.37. The van der Waals surface area contributed by atoms with Crippen LogP contribution in [-0.2, 0) is 0 Å². The van der Waals surface area contributed by atoms with Crippen molar-refractivity contribution in [2.24, 2.45) is 0 Å². The molecule has 1 aliphatic rings. The fraction of sp³-hybridized carbons (Fsp3) is 0. The molecule has 0 unspecified atom stereocenters. The molecule has 0 bridgehead atoms. The second-order valence-electron chi connectivity index (χ2n) is 11.4. The van der Waals surface area contributed by atoms with Crippen LogP contribution in [0.2, 0.25) is 0 Å². The van der Waals surface area contributed by atoms with Crippen LogP contribution in [0.25, 0.3) is 88.0 Å². The number of rotatable bonds is 3. The van der Waals surface area contributed by atoms with Crippen molar-refractivity contribution in [2.75, 3.05) is 0 Å². The van der Waals surface area contributed by atoms with Crippen molar-refractivity contribution >= 4 is 32.3 Å². The third-order valence-electron chi connectivity index (χ3n) is 8.96. The van der Waals surface area contributed by atoms with E-state index in [-0.39, 0.29) is 0 Å². The summed E-state index contributed by atoms with van der Waals surface area (Å²) in [6, 6.07) is 58.1. The van der Waals surface area contributed by atoms with Gasteiger partial charge >= 0.3 is 0 Å². The molecule has 0 amide bonds. The highest BCUT2D eigenvalue weighted by atomic mass is 14.2. The molecular formula is C42H26. The monoisotopic (exact) mass is 530 g/mol. The number of benzene rings is 8. The van der Waals surface area contributed by atoms with Gasteiger partial charge in [-0.15, -0.1) is 0 Å². The summed E-state index contributed by atoms with van der Waals surface area (Å²) in [6.45, 7) is 0. The zero-order valence-electron chi connectivity index (χ0n) is 23.0. The summed E-state index contributed by atoms with van der Waals surface area (Å²) in [5, 5.41) is 7.74. The van der Waals surface area contributed by atoms with Gasteiger partial charge in [-0.05, 0) is 118 Å². The molecule has 0 atom stereocenters. The molecule has 0 heterocycles. The van der Waals surface area contributed by atoms with Crippen molar-refractivity contribution < 1.29 is 0 Å². The molecule has 42 heavy (non-hydrogen) atoms. The summed E-state index contributed by atoms with van der Waals surface area (Å²) < 4.78 is 0. The van der Waals surface area contributed by atoms with Crippen molar-refractivity contribution in [1.82, 2.24) is 0 Å². The van der Waals surface area contributed by atoms with E-state index < -0.39 is 0 Å². The molecule has 8 aromatic rings. The topological polar surface area (TPSA) is 0 Å². The average molecular weight is 531 g/mol.